The molecule has 0 unspecified atom stereocenters. The third kappa shape index (κ3) is 3.12. The van der Waals surface area contributed by atoms with E-state index in [1.54, 1.807) is 12.1 Å². The molecule has 4 heteroatoms. The van der Waals surface area contributed by atoms with Crippen molar-refractivity contribution in [3.05, 3.63) is 35.4 Å². The number of imide groups is 1. The molecule has 2 heterocycles. The van der Waals surface area contributed by atoms with Gasteiger partial charge in [-0.15, -0.1) is 0 Å². The molecule has 2 aliphatic rings. The van der Waals surface area contributed by atoms with Gasteiger partial charge in [-0.1, -0.05) is 32.9 Å². The Balaban J connectivity index is 1.77. The maximum absolute atomic E-state index is 12.6. The maximum atomic E-state index is 12.6. The minimum atomic E-state index is -0.148. The Morgan fingerprint density at radius 3 is 2.28 bits per heavy atom. The number of carbonyl (C=O) groups is 2. The van der Waals surface area contributed by atoms with Crippen LogP contribution in [0.5, 0.6) is 0 Å². The Labute approximate surface area is 150 Å². The van der Waals surface area contributed by atoms with Crippen molar-refractivity contribution in [3.8, 4) is 0 Å². The van der Waals surface area contributed by atoms with E-state index in [-0.39, 0.29) is 22.8 Å². The molecule has 2 atom stereocenters. The largest absolute Gasteiger partial charge is 0.375 e. The maximum Gasteiger partial charge on any atom is 0.261 e. The first kappa shape index (κ1) is 18.1. The number of rotatable bonds is 5. The van der Waals surface area contributed by atoms with E-state index in [9.17, 15) is 9.59 Å². The smallest absolute Gasteiger partial charge is 0.261 e. The zero-order valence-corrected chi connectivity index (χ0v) is 15.8. The van der Waals surface area contributed by atoms with Gasteiger partial charge < -0.3 is 4.74 Å². The fraction of sp³-hybridized carbons (Fsp3) is 0.619. The van der Waals surface area contributed by atoms with Gasteiger partial charge in [-0.05, 0) is 56.1 Å². The molecule has 136 valence electrons. The van der Waals surface area contributed by atoms with Gasteiger partial charge in [0, 0.05) is 13.2 Å². The SMILES string of the molecule is CC[C@]1(C)C[C@@](CCN2C(=O)c3ccccc3C2=O)(C(C)C)CCO1. The zero-order valence-electron chi connectivity index (χ0n) is 15.8. The molecule has 0 saturated carbocycles. The highest BCUT2D eigenvalue weighted by Gasteiger charge is 2.45. The molecule has 2 amide bonds. The molecular formula is C21H29NO3. The third-order valence-corrected chi connectivity index (χ3v) is 6.46. The lowest BCUT2D eigenvalue weighted by atomic mass is 9.64. The van der Waals surface area contributed by atoms with E-state index >= 15 is 0 Å². The second-order valence-corrected chi connectivity index (χ2v) is 8.15. The van der Waals surface area contributed by atoms with Crippen LogP contribution in [-0.4, -0.2) is 35.5 Å². The average Bonchev–Trinajstić information content (AvgIpc) is 2.84. The van der Waals surface area contributed by atoms with Gasteiger partial charge in [-0.2, -0.15) is 0 Å². The first-order chi connectivity index (χ1) is 11.8. The summed E-state index contributed by atoms with van der Waals surface area (Å²) in [4.78, 5) is 26.7. The number of carbonyl (C=O) groups excluding carboxylic acids is 2. The van der Waals surface area contributed by atoms with Crippen molar-refractivity contribution in [3.63, 3.8) is 0 Å². The van der Waals surface area contributed by atoms with E-state index in [0.29, 0.717) is 23.6 Å². The Morgan fingerprint density at radius 2 is 1.76 bits per heavy atom. The Hall–Kier alpha value is -1.68. The fourth-order valence-corrected chi connectivity index (χ4v) is 4.38. The number of hydrogen-bond acceptors (Lipinski definition) is 3. The number of ether oxygens (including phenoxy) is 1. The van der Waals surface area contributed by atoms with Crippen LogP contribution in [0.25, 0.3) is 0 Å². The topological polar surface area (TPSA) is 46.6 Å². The van der Waals surface area contributed by atoms with E-state index < -0.39 is 0 Å². The van der Waals surface area contributed by atoms with E-state index in [1.807, 2.05) is 12.1 Å². The van der Waals surface area contributed by atoms with E-state index in [0.717, 1.165) is 32.3 Å². The van der Waals surface area contributed by atoms with Gasteiger partial charge in [-0.3, -0.25) is 14.5 Å². The molecule has 1 aromatic rings. The molecule has 0 aliphatic carbocycles. The highest BCUT2D eigenvalue weighted by atomic mass is 16.5. The number of amides is 2. The predicted molar refractivity (Wildman–Crippen MR) is 97.6 cm³/mol. The van der Waals surface area contributed by atoms with Crippen LogP contribution in [0.2, 0.25) is 0 Å². The summed E-state index contributed by atoms with van der Waals surface area (Å²) in [6.07, 6.45) is 3.80. The van der Waals surface area contributed by atoms with Gasteiger partial charge >= 0.3 is 0 Å². The van der Waals surface area contributed by atoms with Gasteiger partial charge in [0.05, 0.1) is 16.7 Å². The zero-order chi connectivity index (χ0) is 18.2. The van der Waals surface area contributed by atoms with Gasteiger partial charge in [-0.25, -0.2) is 0 Å². The summed E-state index contributed by atoms with van der Waals surface area (Å²) in [7, 11) is 0. The highest BCUT2D eigenvalue weighted by molar-refractivity contribution is 6.21. The molecule has 0 bridgehead atoms. The van der Waals surface area contributed by atoms with Gasteiger partial charge in [0.2, 0.25) is 0 Å². The lowest BCUT2D eigenvalue weighted by Crippen LogP contribution is -2.47. The summed E-state index contributed by atoms with van der Waals surface area (Å²) < 4.78 is 6.04. The summed E-state index contributed by atoms with van der Waals surface area (Å²) in [5.74, 6) is 0.187. The van der Waals surface area contributed by atoms with Crippen molar-refractivity contribution < 1.29 is 14.3 Å². The minimum Gasteiger partial charge on any atom is -0.375 e. The average molecular weight is 343 g/mol. The molecule has 3 rings (SSSR count). The van der Waals surface area contributed by atoms with Crippen LogP contribution in [0.4, 0.5) is 0 Å². The molecule has 2 aliphatic heterocycles. The number of benzene rings is 1. The molecule has 1 aromatic carbocycles. The van der Waals surface area contributed by atoms with E-state index in [4.69, 9.17) is 4.74 Å². The molecule has 1 saturated heterocycles. The van der Waals surface area contributed by atoms with Crippen LogP contribution < -0.4 is 0 Å². The van der Waals surface area contributed by atoms with Crippen molar-refractivity contribution in [1.82, 2.24) is 4.90 Å². The monoisotopic (exact) mass is 343 g/mol. The fourth-order valence-electron chi connectivity index (χ4n) is 4.38. The minimum absolute atomic E-state index is 0.107. The lowest BCUT2D eigenvalue weighted by Gasteiger charge is -2.49. The van der Waals surface area contributed by atoms with Crippen LogP contribution in [0.3, 0.4) is 0 Å². The molecule has 25 heavy (non-hydrogen) atoms. The number of hydrogen-bond donors (Lipinski definition) is 0. The predicted octanol–water partition coefficient (Wildman–Crippen LogP) is 4.29. The molecule has 0 aromatic heterocycles. The van der Waals surface area contributed by atoms with Crippen LogP contribution in [-0.2, 0) is 4.74 Å². The standard InChI is InChI=1S/C21H29NO3/c1-5-20(4)14-21(15(2)3,11-13-25-20)10-12-22-18(23)16-8-6-7-9-17(16)19(22)24/h6-9,15H,5,10-14H2,1-4H3/t20-,21+/m1/s1. The quantitative estimate of drug-likeness (QED) is 0.749. The van der Waals surface area contributed by atoms with Gasteiger partial charge in [0.15, 0.2) is 0 Å². The van der Waals surface area contributed by atoms with Gasteiger partial charge in [0.1, 0.15) is 0 Å². The van der Waals surface area contributed by atoms with E-state index in [1.165, 1.54) is 4.90 Å². The van der Waals surface area contributed by atoms with Crippen molar-refractivity contribution in [2.75, 3.05) is 13.2 Å². The van der Waals surface area contributed by atoms with Crippen molar-refractivity contribution in [1.29, 1.82) is 0 Å². The van der Waals surface area contributed by atoms with Crippen molar-refractivity contribution in [2.24, 2.45) is 11.3 Å². The number of nitrogens with zero attached hydrogens (tertiary/aromatic N) is 1. The summed E-state index contributed by atoms with van der Waals surface area (Å²) in [6.45, 7) is 10.1. The summed E-state index contributed by atoms with van der Waals surface area (Å²) in [5, 5.41) is 0. The van der Waals surface area contributed by atoms with Crippen molar-refractivity contribution in [2.45, 2.75) is 59.0 Å². The Kier molecular flexibility index (Phi) is 4.76. The first-order valence-corrected chi connectivity index (χ1v) is 9.41. The molecular weight excluding hydrogens is 314 g/mol. The normalized spacial score (nSPS) is 29.4. The highest BCUT2D eigenvalue weighted by Crippen LogP contribution is 2.48. The number of fused-ring (bicyclic) bond motifs is 1. The Morgan fingerprint density at radius 1 is 1.16 bits per heavy atom. The summed E-state index contributed by atoms with van der Waals surface area (Å²) in [6, 6.07) is 7.12. The van der Waals surface area contributed by atoms with Crippen LogP contribution in [0, 0.1) is 11.3 Å². The first-order valence-electron chi connectivity index (χ1n) is 9.41. The Bertz CT molecular complexity index is 648. The second kappa shape index (κ2) is 6.56. The summed E-state index contributed by atoms with van der Waals surface area (Å²) >= 11 is 0. The van der Waals surface area contributed by atoms with Crippen LogP contribution in [0.15, 0.2) is 24.3 Å². The van der Waals surface area contributed by atoms with Crippen LogP contribution >= 0.6 is 0 Å². The molecule has 0 spiro atoms. The molecule has 0 N–H and O–H groups in total. The van der Waals surface area contributed by atoms with E-state index in [2.05, 4.69) is 27.7 Å². The molecule has 0 radical (unpaired) electrons. The van der Waals surface area contributed by atoms with Crippen molar-refractivity contribution >= 4 is 11.8 Å². The van der Waals surface area contributed by atoms with Gasteiger partial charge in [0.25, 0.3) is 11.8 Å². The van der Waals surface area contributed by atoms with Crippen LogP contribution in [0.1, 0.15) is 74.1 Å². The third-order valence-electron chi connectivity index (χ3n) is 6.46. The lowest BCUT2D eigenvalue weighted by molar-refractivity contribution is -0.133. The second-order valence-electron chi connectivity index (χ2n) is 8.15. The molecule has 1 fully saturated rings. The summed E-state index contributed by atoms with van der Waals surface area (Å²) in [5.41, 5.74) is 1.08. The molecule has 4 nitrogen and oxygen atoms in total.